The van der Waals surface area contributed by atoms with E-state index in [1.165, 1.54) is 18.2 Å². The van der Waals surface area contributed by atoms with Gasteiger partial charge in [0, 0.05) is 24.1 Å². The highest BCUT2D eigenvalue weighted by Gasteiger charge is 2.24. The largest absolute Gasteiger partial charge is 0.412 e. The first-order valence-electron chi connectivity index (χ1n) is 8.90. The number of sulfone groups is 1. The Hall–Kier alpha value is -3.07. The average molecular weight is 417 g/mol. The minimum atomic E-state index is -3.98. The Morgan fingerprint density at radius 2 is 1.86 bits per heavy atom. The van der Waals surface area contributed by atoms with Crippen molar-refractivity contribution < 1.29 is 22.0 Å². The Morgan fingerprint density at radius 1 is 1.10 bits per heavy atom. The summed E-state index contributed by atoms with van der Waals surface area (Å²) < 4.78 is 43.6. The normalized spacial score (nSPS) is 11.4. The summed E-state index contributed by atoms with van der Waals surface area (Å²) in [6.45, 7) is 4.08. The van der Waals surface area contributed by atoms with Gasteiger partial charge >= 0.3 is 5.22 Å². The maximum absolute atomic E-state index is 13.7. The van der Waals surface area contributed by atoms with Crippen molar-refractivity contribution in [2.24, 2.45) is 0 Å². The van der Waals surface area contributed by atoms with Crippen molar-refractivity contribution in [1.29, 1.82) is 0 Å². The number of nitrogens with one attached hydrogen (secondary N) is 1. The second kappa shape index (κ2) is 8.52. The van der Waals surface area contributed by atoms with Crippen LogP contribution in [0.25, 0.3) is 0 Å². The summed E-state index contributed by atoms with van der Waals surface area (Å²) in [6, 6.07) is 11.0. The molecule has 1 amide bonds. The lowest BCUT2D eigenvalue weighted by molar-refractivity contribution is 0.0953. The van der Waals surface area contributed by atoms with Crippen molar-refractivity contribution in [1.82, 2.24) is 15.5 Å². The van der Waals surface area contributed by atoms with Crippen LogP contribution in [0.15, 0.2) is 52.1 Å². The summed E-state index contributed by atoms with van der Waals surface area (Å²) in [5.74, 6) is -1.38. The second-order valence-electron chi connectivity index (χ2n) is 6.62. The van der Waals surface area contributed by atoms with Crippen molar-refractivity contribution in [3.05, 3.63) is 76.4 Å². The summed E-state index contributed by atoms with van der Waals surface area (Å²) in [7, 11) is -3.98. The summed E-state index contributed by atoms with van der Waals surface area (Å²) in [4.78, 5) is 12.2. The molecule has 0 atom stereocenters. The van der Waals surface area contributed by atoms with Gasteiger partial charge in [0.2, 0.25) is 15.7 Å². The lowest BCUT2D eigenvalue weighted by Gasteiger charge is -2.06. The third-order valence-electron chi connectivity index (χ3n) is 4.41. The summed E-state index contributed by atoms with van der Waals surface area (Å²) in [6.07, 6.45) is 0.165. The van der Waals surface area contributed by atoms with E-state index >= 15 is 0 Å². The van der Waals surface area contributed by atoms with Gasteiger partial charge in [0.25, 0.3) is 5.91 Å². The van der Waals surface area contributed by atoms with Gasteiger partial charge in [-0.25, -0.2) is 12.8 Å². The molecular formula is C20H20FN3O4S. The van der Waals surface area contributed by atoms with E-state index in [0.717, 1.165) is 11.1 Å². The molecule has 0 spiro atoms. The van der Waals surface area contributed by atoms with Gasteiger partial charge < -0.3 is 9.73 Å². The molecule has 29 heavy (non-hydrogen) atoms. The molecule has 3 rings (SSSR count). The lowest BCUT2D eigenvalue weighted by atomic mass is 10.1. The maximum Gasteiger partial charge on any atom is 0.335 e. The molecule has 1 aromatic heterocycles. The minimum absolute atomic E-state index is 0.0212. The molecule has 0 aliphatic carbocycles. The van der Waals surface area contributed by atoms with Crippen molar-refractivity contribution >= 4 is 15.7 Å². The molecule has 0 aliphatic heterocycles. The lowest BCUT2D eigenvalue weighted by Crippen LogP contribution is -2.25. The Balaban J connectivity index is 1.59. The zero-order chi connectivity index (χ0) is 21.0. The van der Waals surface area contributed by atoms with Gasteiger partial charge in [0.05, 0.1) is 5.75 Å². The van der Waals surface area contributed by atoms with E-state index in [9.17, 15) is 17.6 Å². The number of amides is 1. The molecule has 0 fully saturated rings. The van der Waals surface area contributed by atoms with Crippen LogP contribution in [0.1, 0.15) is 32.9 Å². The number of rotatable bonds is 7. The monoisotopic (exact) mass is 417 g/mol. The zero-order valence-electron chi connectivity index (χ0n) is 16.0. The molecule has 2 aromatic carbocycles. The molecule has 7 nitrogen and oxygen atoms in total. The summed E-state index contributed by atoms with van der Waals surface area (Å²) in [5.41, 5.74) is 2.66. The zero-order valence-corrected chi connectivity index (χ0v) is 16.8. The number of nitrogens with zero attached hydrogens (tertiary/aromatic N) is 2. The van der Waals surface area contributed by atoms with E-state index in [4.69, 9.17) is 4.42 Å². The van der Waals surface area contributed by atoms with Crippen LogP contribution in [-0.4, -0.2) is 31.1 Å². The van der Waals surface area contributed by atoms with E-state index in [1.54, 1.807) is 18.2 Å². The van der Waals surface area contributed by atoms with Gasteiger partial charge in [-0.05, 0) is 43.2 Å². The number of aromatic nitrogens is 2. The molecular weight excluding hydrogens is 397 g/mol. The third kappa shape index (κ3) is 5.05. The number of carbonyl (C=O) groups excluding carboxylic acids is 1. The van der Waals surface area contributed by atoms with Gasteiger partial charge in [-0.3, -0.25) is 4.79 Å². The fourth-order valence-electron chi connectivity index (χ4n) is 2.61. The average Bonchev–Trinajstić information content (AvgIpc) is 3.15. The van der Waals surface area contributed by atoms with Gasteiger partial charge in [-0.2, -0.15) is 0 Å². The Labute approximate surface area is 167 Å². The second-order valence-corrected chi connectivity index (χ2v) is 8.48. The van der Waals surface area contributed by atoms with Gasteiger partial charge in [0.15, 0.2) is 0 Å². The molecule has 9 heteroatoms. The van der Waals surface area contributed by atoms with E-state index in [2.05, 4.69) is 15.5 Å². The van der Waals surface area contributed by atoms with E-state index in [0.29, 0.717) is 5.56 Å². The third-order valence-corrected chi connectivity index (χ3v) is 5.80. The van der Waals surface area contributed by atoms with Crippen LogP contribution in [0.4, 0.5) is 4.39 Å². The summed E-state index contributed by atoms with van der Waals surface area (Å²) >= 11 is 0. The fraction of sp³-hybridized carbons (Fsp3) is 0.250. The highest BCUT2D eigenvalue weighted by atomic mass is 32.2. The van der Waals surface area contributed by atoms with Gasteiger partial charge in [-0.1, -0.05) is 29.4 Å². The highest BCUT2D eigenvalue weighted by molar-refractivity contribution is 7.90. The highest BCUT2D eigenvalue weighted by Crippen LogP contribution is 2.17. The van der Waals surface area contributed by atoms with E-state index in [-0.39, 0.29) is 30.3 Å². The van der Waals surface area contributed by atoms with Crippen LogP contribution in [-0.2, 0) is 22.0 Å². The summed E-state index contributed by atoms with van der Waals surface area (Å²) in [5, 5.41) is 9.40. The van der Waals surface area contributed by atoms with Crippen LogP contribution in [0.5, 0.6) is 0 Å². The van der Waals surface area contributed by atoms with Crippen molar-refractivity contribution in [2.45, 2.75) is 31.2 Å². The molecule has 0 saturated heterocycles. The molecule has 0 unspecified atom stereocenters. The first-order chi connectivity index (χ1) is 13.8. The predicted octanol–water partition coefficient (Wildman–Crippen LogP) is 2.77. The number of halogens is 1. The van der Waals surface area contributed by atoms with E-state index in [1.807, 2.05) is 19.9 Å². The molecule has 152 valence electrons. The number of aryl methyl sites for hydroxylation is 2. The van der Waals surface area contributed by atoms with E-state index < -0.39 is 26.6 Å². The predicted molar refractivity (Wildman–Crippen MR) is 104 cm³/mol. The Morgan fingerprint density at radius 3 is 2.59 bits per heavy atom. The van der Waals surface area contributed by atoms with Crippen molar-refractivity contribution in [3.8, 4) is 0 Å². The minimum Gasteiger partial charge on any atom is -0.412 e. The Kier molecular flexibility index (Phi) is 6.07. The standard InChI is InChI=1S/C20H20FN3O4S/c1-13-7-8-15(11-14(13)2)19(25)22-10-9-18-23-24-20(28-18)29(26,27)12-16-5-3-4-6-17(16)21/h3-8,11H,9-10,12H2,1-2H3,(H,22,25). The number of hydrogen-bond donors (Lipinski definition) is 1. The number of carbonyl (C=O) groups is 1. The molecule has 3 aromatic rings. The molecule has 0 aliphatic rings. The van der Waals surface area contributed by atoms with Gasteiger partial charge in [-0.15, -0.1) is 5.10 Å². The fourth-order valence-corrected chi connectivity index (χ4v) is 3.77. The van der Waals surface area contributed by atoms with Crippen molar-refractivity contribution in [3.63, 3.8) is 0 Å². The van der Waals surface area contributed by atoms with Gasteiger partial charge in [0.1, 0.15) is 5.82 Å². The van der Waals surface area contributed by atoms with Crippen LogP contribution in [0.2, 0.25) is 0 Å². The van der Waals surface area contributed by atoms with Crippen LogP contribution >= 0.6 is 0 Å². The quantitative estimate of drug-likeness (QED) is 0.634. The molecule has 1 heterocycles. The van der Waals surface area contributed by atoms with Crippen LogP contribution < -0.4 is 5.32 Å². The Bertz CT molecular complexity index is 1140. The number of benzene rings is 2. The SMILES string of the molecule is Cc1ccc(C(=O)NCCc2nnc(S(=O)(=O)Cc3ccccc3F)o2)cc1C. The first kappa shape index (κ1) is 20.7. The molecule has 0 bridgehead atoms. The smallest absolute Gasteiger partial charge is 0.335 e. The molecule has 0 radical (unpaired) electrons. The first-order valence-corrected chi connectivity index (χ1v) is 10.6. The molecule has 0 saturated carbocycles. The van der Waals surface area contributed by atoms with Crippen LogP contribution in [0.3, 0.4) is 0 Å². The van der Waals surface area contributed by atoms with Crippen LogP contribution in [0, 0.1) is 19.7 Å². The topological polar surface area (TPSA) is 102 Å². The van der Waals surface area contributed by atoms with Crippen molar-refractivity contribution in [2.75, 3.05) is 6.54 Å². The number of hydrogen-bond acceptors (Lipinski definition) is 6. The maximum atomic E-state index is 13.7. The molecule has 1 N–H and O–H groups in total.